The first kappa shape index (κ1) is 25.2. The monoisotopic (exact) mass is 489 g/mol. The Balaban J connectivity index is 1.86. The van der Waals surface area contributed by atoms with Crippen molar-refractivity contribution >= 4 is 40.3 Å². The third-order valence-corrected chi connectivity index (χ3v) is 5.41. The number of aromatic nitrogens is 1. The quantitative estimate of drug-likeness (QED) is 0.439. The SMILES string of the molecule is COc1ccc2c(c1)c(CC(=O)OCC(=O)OCC(O)CO)c(C)n2C(=O)c1ccc(Cl)cc1. The summed E-state index contributed by atoms with van der Waals surface area (Å²) in [6, 6.07) is 11.6. The van der Waals surface area contributed by atoms with Crippen molar-refractivity contribution in [2.24, 2.45) is 0 Å². The number of rotatable bonds is 9. The second kappa shape index (κ2) is 11.1. The number of carbonyl (C=O) groups is 3. The molecule has 2 N–H and O–H groups in total. The molecule has 3 rings (SSSR count). The molecule has 1 unspecified atom stereocenters. The fraction of sp³-hybridized carbons (Fsp3) is 0.292. The van der Waals surface area contributed by atoms with Crippen LogP contribution in [0.25, 0.3) is 10.9 Å². The van der Waals surface area contributed by atoms with E-state index in [4.69, 9.17) is 30.9 Å². The van der Waals surface area contributed by atoms with Gasteiger partial charge in [0.2, 0.25) is 0 Å². The number of hydrogen-bond acceptors (Lipinski definition) is 8. The summed E-state index contributed by atoms with van der Waals surface area (Å²) in [4.78, 5) is 37.5. The van der Waals surface area contributed by atoms with Crippen molar-refractivity contribution in [2.75, 3.05) is 26.9 Å². The van der Waals surface area contributed by atoms with E-state index in [-0.39, 0.29) is 12.3 Å². The van der Waals surface area contributed by atoms with Crippen LogP contribution in [-0.4, -0.2) is 65.7 Å². The van der Waals surface area contributed by atoms with Gasteiger partial charge in [0.1, 0.15) is 18.5 Å². The van der Waals surface area contributed by atoms with Gasteiger partial charge in [0.15, 0.2) is 6.61 Å². The third kappa shape index (κ3) is 5.74. The molecule has 10 heteroatoms. The number of nitrogens with zero attached hydrogens (tertiary/aromatic N) is 1. The fourth-order valence-electron chi connectivity index (χ4n) is 3.41. The van der Waals surface area contributed by atoms with E-state index < -0.39 is 37.9 Å². The van der Waals surface area contributed by atoms with E-state index >= 15 is 0 Å². The Labute approximate surface area is 200 Å². The number of hydrogen-bond donors (Lipinski definition) is 2. The van der Waals surface area contributed by atoms with Crippen LogP contribution in [0.15, 0.2) is 42.5 Å². The maximum absolute atomic E-state index is 13.3. The van der Waals surface area contributed by atoms with Gasteiger partial charge in [-0.05, 0) is 55.0 Å². The smallest absolute Gasteiger partial charge is 0.344 e. The first-order chi connectivity index (χ1) is 16.2. The average Bonchev–Trinajstić information content (AvgIpc) is 3.11. The Bertz CT molecular complexity index is 1200. The van der Waals surface area contributed by atoms with E-state index in [1.165, 1.54) is 11.7 Å². The molecule has 2 aromatic carbocycles. The van der Waals surface area contributed by atoms with Gasteiger partial charge in [-0.3, -0.25) is 14.2 Å². The summed E-state index contributed by atoms with van der Waals surface area (Å²) in [6.45, 7) is 0.0931. The van der Waals surface area contributed by atoms with Gasteiger partial charge < -0.3 is 24.4 Å². The molecule has 0 saturated carbocycles. The van der Waals surface area contributed by atoms with Crippen molar-refractivity contribution < 1.29 is 38.8 Å². The summed E-state index contributed by atoms with van der Waals surface area (Å²) in [5.74, 6) is -1.32. The number of aliphatic hydroxyl groups is 2. The molecule has 0 bridgehead atoms. The molecule has 0 spiro atoms. The molecule has 0 saturated heterocycles. The molecule has 9 nitrogen and oxygen atoms in total. The lowest BCUT2D eigenvalue weighted by Crippen LogP contribution is -2.25. The Kier molecular flexibility index (Phi) is 8.27. The Morgan fingerprint density at radius 1 is 1.06 bits per heavy atom. The number of carbonyl (C=O) groups excluding carboxylic acids is 3. The van der Waals surface area contributed by atoms with E-state index in [1.807, 2.05) is 0 Å². The number of esters is 2. The molecule has 0 aliphatic rings. The minimum atomic E-state index is -1.21. The molecule has 1 heterocycles. The van der Waals surface area contributed by atoms with Gasteiger partial charge in [-0.15, -0.1) is 0 Å². The number of halogens is 1. The first-order valence-corrected chi connectivity index (χ1v) is 10.7. The highest BCUT2D eigenvalue weighted by Gasteiger charge is 2.23. The molecule has 34 heavy (non-hydrogen) atoms. The largest absolute Gasteiger partial charge is 0.497 e. The molecule has 0 fully saturated rings. The van der Waals surface area contributed by atoms with Crippen LogP contribution in [0.1, 0.15) is 21.6 Å². The first-order valence-electron chi connectivity index (χ1n) is 10.3. The van der Waals surface area contributed by atoms with Crippen LogP contribution in [0.5, 0.6) is 5.75 Å². The topological polar surface area (TPSA) is 124 Å². The highest BCUT2D eigenvalue weighted by Crippen LogP contribution is 2.31. The zero-order valence-corrected chi connectivity index (χ0v) is 19.4. The van der Waals surface area contributed by atoms with Crippen LogP contribution in [-0.2, 0) is 25.5 Å². The van der Waals surface area contributed by atoms with E-state index in [1.54, 1.807) is 49.4 Å². The van der Waals surface area contributed by atoms with Gasteiger partial charge in [0.05, 0.1) is 25.7 Å². The van der Waals surface area contributed by atoms with Gasteiger partial charge in [-0.2, -0.15) is 0 Å². The highest BCUT2D eigenvalue weighted by atomic mass is 35.5. The molecule has 180 valence electrons. The fourth-order valence-corrected chi connectivity index (χ4v) is 3.54. The van der Waals surface area contributed by atoms with Gasteiger partial charge >= 0.3 is 11.9 Å². The zero-order valence-electron chi connectivity index (χ0n) is 18.6. The summed E-state index contributed by atoms with van der Waals surface area (Å²) in [6.07, 6.45) is -1.41. The molecule has 0 aliphatic carbocycles. The van der Waals surface area contributed by atoms with E-state index in [0.29, 0.717) is 38.5 Å². The van der Waals surface area contributed by atoms with Gasteiger partial charge in [0.25, 0.3) is 5.91 Å². The maximum atomic E-state index is 13.3. The van der Waals surface area contributed by atoms with Crippen LogP contribution in [0, 0.1) is 6.92 Å². The van der Waals surface area contributed by atoms with Crippen LogP contribution in [0.4, 0.5) is 0 Å². The molecule has 3 aromatic rings. The van der Waals surface area contributed by atoms with Crippen LogP contribution in [0.3, 0.4) is 0 Å². The van der Waals surface area contributed by atoms with E-state index in [9.17, 15) is 19.5 Å². The van der Waals surface area contributed by atoms with Gasteiger partial charge in [0, 0.05) is 21.7 Å². The van der Waals surface area contributed by atoms with Crippen molar-refractivity contribution in [1.29, 1.82) is 0 Å². The molecule has 0 radical (unpaired) electrons. The Morgan fingerprint density at radius 3 is 2.41 bits per heavy atom. The lowest BCUT2D eigenvalue weighted by atomic mass is 10.1. The maximum Gasteiger partial charge on any atom is 0.344 e. The van der Waals surface area contributed by atoms with E-state index in [2.05, 4.69) is 0 Å². The highest BCUT2D eigenvalue weighted by molar-refractivity contribution is 6.30. The molecule has 1 aromatic heterocycles. The standard InChI is InChI=1S/C24H24ClNO8/c1-14-19(10-22(29)34-13-23(30)33-12-17(28)11-27)20-9-18(32-2)7-8-21(20)26(14)24(31)15-3-5-16(25)6-4-15/h3-9,17,27-28H,10-13H2,1-2H3. The normalized spacial score (nSPS) is 11.8. The third-order valence-electron chi connectivity index (χ3n) is 5.16. The summed E-state index contributed by atoms with van der Waals surface area (Å²) in [5.41, 5.74) is 2.08. The van der Waals surface area contributed by atoms with Crippen molar-refractivity contribution in [2.45, 2.75) is 19.4 Å². The Morgan fingerprint density at radius 2 is 1.76 bits per heavy atom. The van der Waals surface area contributed by atoms with Gasteiger partial charge in [-0.25, -0.2) is 4.79 Å². The van der Waals surface area contributed by atoms with Crippen LogP contribution in [0.2, 0.25) is 5.02 Å². The summed E-state index contributed by atoms with van der Waals surface area (Å²) >= 11 is 5.94. The van der Waals surface area contributed by atoms with Crippen LogP contribution >= 0.6 is 11.6 Å². The molecule has 0 amide bonds. The molecule has 0 aliphatic heterocycles. The van der Waals surface area contributed by atoms with Crippen LogP contribution < -0.4 is 4.74 Å². The lowest BCUT2D eigenvalue weighted by Gasteiger charge is -2.09. The number of methoxy groups -OCH3 is 1. The molecular formula is C24H24ClNO8. The predicted molar refractivity (Wildman–Crippen MR) is 123 cm³/mol. The second-order valence-corrected chi connectivity index (χ2v) is 7.89. The summed E-state index contributed by atoms with van der Waals surface area (Å²) in [7, 11) is 1.51. The number of benzene rings is 2. The van der Waals surface area contributed by atoms with Gasteiger partial charge in [-0.1, -0.05) is 11.6 Å². The van der Waals surface area contributed by atoms with E-state index in [0.717, 1.165) is 0 Å². The second-order valence-electron chi connectivity index (χ2n) is 7.45. The van der Waals surface area contributed by atoms with Crippen molar-refractivity contribution in [3.05, 3.63) is 64.3 Å². The van der Waals surface area contributed by atoms with Crippen molar-refractivity contribution in [1.82, 2.24) is 4.57 Å². The van der Waals surface area contributed by atoms with Crippen molar-refractivity contribution in [3.8, 4) is 5.75 Å². The molecular weight excluding hydrogens is 466 g/mol. The predicted octanol–water partition coefficient (Wildman–Crippen LogP) is 2.28. The molecule has 1 atom stereocenters. The lowest BCUT2D eigenvalue weighted by molar-refractivity contribution is -0.160. The minimum Gasteiger partial charge on any atom is -0.497 e. The summed E-state index contributed by atoms with van der Waals surface area (Å²) < 4.78 is 16.5. The Hall–Kier alpha value is -3.40. The number of fused-ring (bicyclic) bond motifs is 1. The van der Waals surface area contributed by atoms with Crippen molar-refractivity contribution in [3.63, 3.8) is 0 Å². The summed E-state index contributed by atoms with van der Waals surface area (Å²) in [5, 5.41) is 19.1. The average molecular weight is 490 g/mol. The number of ether oxygens (including phenoxy) is 3. The number of aliphatic hydroxyl groups excluding tert-OH is 2. The zero-order chi connectivity index (χ0) is 24.8. The minimum absolute atomic E-state index is 0.205.